The number of benzene rings is 1. The second-order valence-corrected chi connectivity index (χ2v) is 8.60. The van der Waals surface area contributed by atoms with Crippen LogP contribution in [0.3, 0.4) is 0 Å². The van der Waals surface area contributed by atoms with Gasteiger partial charge in [-0.1, -0.05) is 48.5 Å². The Kier molecular flexibility index (Phi) is 7.01. The molecule has 1 aromatic carbocycles. The van der Waals surface area contributed by atoms with E-state index in [0.29, 0.717) is 21.8 Å². The molecule has 1 heterocycles. The molecule has 0 fully saturated rings. The number of hydrogen-bond donors (Lipinski definition) is 1. The number of thioether (sulfide) groups is 2. The fraction of sp³-hybridized carbons (Fsp3) is 0.357. The van der Waals surface area contributed by atoms with Gasteiger partial charge in [0.1, 0.15) is 0 Å². The van der Waals surface area contributed by atoms with Crippen molar-refractivity contribution >= 4 is 57.5 Å². The number of carbonyl (C=O) groups excluding carboxylic acids is 1. The van der Waals surface area contributed by atoms with Crippen LogP contribution < -0.4 is 5.32 Å². The van der Waals surface area contributed by atoms with Gasteiger partial charge >= 0.3 is 0 Å². The lowest BCUT2D eigenvalue weighted by Gasteiger charge is -2.02. The van der Waals surface area contributed by atoms with Crippen molar-refractivity contribution in [1.29, 1.82) is 0 Å². The molecule has 0 saturated carbocycles. The van der Waals surface area contributed by atoms with E-state index in [1.165, 1.54) is 23.1 Å². The fourth-order valence-corrected chi connectivity index (χ4v) is 3.96. The van der Waals surface area contributed by atoms with Gasteiger partial charge in [-0.3, -0.25) is 10.1 Å². The highest BCUT2D eigenvalue weighted by Gasteiger charge is 2.09. The molecule has 0 aliphatic rings. The maximum atomic E-state index is 11.9. The molecule has 0 atom stereocenters. The van der Waals surface area contributed by atoms with Crippen molar-refractivity contribution in [3.05, 3.63) is 29.3 Å². The average Bonchev–Trinajstić information content (AvgIpc) is 2.92. The molecule has 118 valence electrons. The van der Waals surface area contributed by atoms with Gasteiger partial charge in [-0.05, 0) is 30.2 Å². The Bertz CT molecular complexity index is 616. The van der Waals surface area contributed by atoms with Crippen LogP contribution >= 0.6 is 46.5 Å². The number of carbonyl (C=O) groups is 1. The molecular formula is C14H16ClN3OS3. The third-order valence-electron chi connectivity index (χ3n) is 2.38. The average molecular weight is 374 g/mol. The highest BCUT2D eigenvalue weighted by atomic mass is 35.5. The third-order valence-corrected chi connectivity index (χ3v) is 6.04. The number of hydrogen-bond acceptors (Lipinski definition) is 6. The summed E-state index contributed by atoms with van der Waals surface area (Å²) in [5.41, 5.74) is 0. The van der Waals surface area contributed by atoms with E-state index in [2.05, 4.69) is 29.4 Å². The molecule has 0 unspecified atom stereocenters. The molecule has 0 radical (unpaired) electrons. The first-order valence-electron chi connectivity index (χ1n) is 6.67. The topological polar surface area (TPSA) is 54.9 Å². The maximum absolute atomic E-state index is 11.9. The minimum atomic E-state index is -0.0866. The Morgan fingerprint density at radius 3 is 2.68 bits per heavy atom. The van der Waals surface area contributed by atoms with Crippen molar-refractivity contribution in [2.75, 3.05) is 16.8 Å². The summed E-state index contributed by atoms with van der Waals surface area (Å²) in [5.74, 6) is 1.84. The van der Waals surface area contributed by atoms with Gasteiger partial charge in [-0.2, -0.15) is 0 Å². The lowest BCUT2D eigenvalue weighted by Crippen LogP contribution is -2.13. The van der Waals surface area contributed by atoms with Gasteiger partial charge in [0, 0.05) is 15.7 Å². The number of halogens is 1. The predicted octanol–water partition coefficient (Wildman–Crippen LogP) is 4.67. The molecular weight excluding hydrogens is 358 g/mol. The molecule has 0 aliphatic carbocycles. The molecule has 1 N–H and O–H groups in total. The summed E-state index contributed by atoms with van der Waals surface area (Å²) in [7, 11) is 0. The Hall–Kier alpha value is -0.760. The number of amides is 1. The number of nitrogens with one attached hydrogen (secondary N) is 1. The normalized spacial score (nSPS) is 10.9. The van der Waals surface area contributed by atoms with E-state index in [1.54, 1.807) is 11.8 Å². The first kappa shape index (κ1) is 17.6. The van der Waals surface area contributed by atoms with E-state index in [-0.39, 0.29) is 5.91 Å². The van der Waals surface area contributed by atoms with E-state index in [4.69, 9.17) is 11.6 Å². The minimum absolute atomic E-state index is 0.0866. The Morgan fingerprint density at radius 2 is 2.00 bits per heavy atom. The Labute approximate surface area is 147 Å². The SMILES string of the molecule is CC(C)CSc1nnc(NC(=O)CSc2ccc(Cl)cc2)s1. The lowest BCUT2D eigenvalue weighted by molar-refractivity contribution is -0.113. The zero-order valence-electron chi connectivity index (χ0n) is 12.2. The second-order valence-electron chi connectivity index (χ2n) is 4.87. The number of nitrogens with zero attached hydrogens (tertiary/aromatic N) is 2. The van der Waals surface area contributed by atoms with E-state index in [1.807, 2.05) is 24.3 Å². The third kappa shape index (κ3) is 6.16. The standard InChI is InChI=1S/C14H16ClN3OS3/c1-9(2)7-21-14-18-17-13(22-14)16-12(19)8-20-11-5-3-10(15)4-6-11/h3-6,9H,7-8H2,1-2H3,(H,16,17,19). The van der Waals surface area contributed by atoms with E-state index >= 15 is 0 Å². The van der Waals surface area contributed by atoms with E-state index in [0.717, 1.165) is 15.0 Å². The van der Waals surface area contributed by atoms with Gasteiger partial charge in [0.2, 0.25) is 11.0 Å². The Morgan fingerprint density at radius 1 is 1.27 bits per heavy atom. The van der Waals surface area contributed by atoms with Gasteiger partial charge in [0.25, 0.3) is 0 Å². The lowest BCUT2D eigenvalue weighted by atomic mass is 10.3. The molecule has 1 amide bonds. The van der Waals surface area contributed by atoms with Gasteiger partial charge in [-0.25, -0.2) is 0 Å². The van der Waals surface area contributed by atoms with Crippen molar-refractivity contribution in [3.8, 4) is 0 Å². The quantitative estimate of drug-likeness (QED) is 0.564. The van der Waals surface area contributed by atoms with Crippen LogP contribution in [0.4, 0.5) is 5.13 Å². The highest BCUT2D eigenvalue weighted by molar-refractivity contribution is 8.01. The van der Waals surface area contributed by atoms with Crippen molar-refractivity contribution in [2.24, 2.45) is 5.92 Å². The van der Waals surface area contributed by atoms with Gasteiger partial charge in [-0.15, -0.1) is 22.0 Å². The predicted molar refractivity (Wildman–Crippen MR) is 96.3 cm³/mol. The number of rotatable bonds is 7. The summed E-state index contributed by atoms with van der Waals surface area (Å²) in [6.45, 7) is 4.31. The molecule has 4 nitrogen and oxygen atoms in total. The summed E-state index contributed by atoms with van der Waals surface area (Å²) in [6, 6.07) is 7.41. The minimum Gasteiger partial charge on any atom is -0.300 e. The largest absolute Gasteiger partial charge is 0.300 e. The molecule has 2 aromatic rings. The molecule has 0 saturated heterocycles. The summed E-state index contributed by atoms with van der Waals surface area (Å²) in [4.78, 5) is 12.9. The fourth-order valence-electron chi connectivity index (χ4n) is 1.39. The van der Waals surface area contributed by atoms with E-state index in [9.17, 15) is 4.79 Å². The zero-order valence-corrected chi connectivity index (χ0v) is 15.4. The van der Waals surface area contributed by atoms with Crippen LogP contribution in [0, 0.1) is 5.92 Å². The van der Waals surface area contributed by atoms with Crippen molar-refractivity contribution in [1.82, 2.24) is 10.2 Å². The molecule has 0 bridgehead atoms. The van der Waals surface area contributed by atoms with Crippen LogP contribution in [0.15, 0.2) is 33.5 Å². The first-order valence-corrected chi connectivity index (χ1v) is 9.84. The van der Waals surface area contributed by atoms with Crippen LogP contribution in [0.5, 0.6) is 0 Å². The van der Waals surface area contributed by atoms with Crippen LogP contribution in [-0.4, -0.2) is 27.6 Å². The van der Waals surface area contributed by atoms with Crippen LogP contribution in [0.2, 0.25) is 5.02 Å². The molecule has 1 aromatic heterocycles. The van der Waals surface area contributed by atoms with Crippen molar-refractivity contribution in [2.45, 2.75) is 23.1 Å². The Balaban J connectivity index is 1.78. The summed E-state index contributed by atoms with van der Waals surface area (Å²) < 4.78 is 0.884. The van der Waals surface area contributed by atoms with Crippen LogP contribution in [0.25, 0.3) is 0 Å². The molecule has 0 aliphatic heterocycles. The monoisotopic (exact) mass is 373 g/mol. The maximum Gasteiger partial charge on any atom is 0.236 e. The zero-order chi connectivity index (χ0) is 15.9. The van der Waals surface area contributed by atoms with Crippen molar-refractivity contribution < 1.29 is 4.79 Å². The molecule has 8 heteroatoms. The summed E-state index contributed by atoms with van der Waals surface area (Å²) in [5, 5.41) is 12.1. The summed E-state index contributed by atoms with van der Waals surface area (Å²) in [6.07, 6.45) is 0. The first-order chi connectivity index (χ1) is 10.5. The van der Waals surface area contributed by atoms with Crippen molar-refractivity contribution in [3.63, 3.8) is 0 Å². The molecule has 22 heavy (non-hydrogen) atoms. The van der Waals surface area contributed by atoms with Gasteiger partial charge in [0.15, 0.2) is 4.34 Å². The smallest absolute Gasteiger partial charge is 0.236 e. The number of anilines is 1. The highest BCUT2D eigenvalue weighted by Crippen LogP contribution is 2.27. The summed E-state index contributed by atoms with van der Waals surface area (Å²) >= 11 is 10.4. The van der Waals surface area contributed by atoms with Crippen LogP contribution in [-0.2, 0) is 4.79 Å². The van der Waals surface area contributed by atoms with Crippen LogP contribution in [0.1, 0.15) is 13.8 Å². The second kappa shape index (κ2) is 8.76. The van der Waals surface area contributed by atoms with E-state index < -0.39 is 0 Å². The molecule has 0 spiro atoms. The van der Waals surface area contributed by atoms with Gasteiger partial charge in [0.05, 0.1) is 5.75 Å². The number of aromatic nitrogens is 2. The molecule has 2 rings (SSSR count). The van der Waals surface area contributed by atoms with Gasteiger partial charge < -0.3 is 0 Å².